The monoisotopic (exact) mass is 315 g/mol. The van der Waals surface area contributed by atoms with Gasteiger partial charge in [-0.15, -0.1) is 0 Å². The standard InChI is InChI=1S/C18H10FN5/c19-16-4-3-11(6-12(16)8-20)17-15(2-1-5-21-17)13-7-14-10-23-24-18(14)22-9-13/h1-7,9-10H,(H,22,23,24). The van der Waals surface area contributed by atoms with Gasteiger partial charge in [-0.25, -0.2) is 9.37 Å². The molecule has 4 aromatic rings. The lowest BCUT2D eigenvalue weighted by Gasteiger charge is -2.09. The van der Waals surface area contributed by atoms with Crippen LogP contribution in [0.1, 0.15) is 5.56 Å². The van der Waals surface area contributed by atoms with Crippen LogP contribution in [0.4, 0.5) is 4.39 Å². The Kier molecular flexibility index (Phi) is 3.25. The Hall–Kier alpha value is -3.59. The number of benzene rings is 1. The lowest BCUT2D eigenvalue weighted by atomic mass is 9.99. The van der Waals surface area contributed by atoms with Crippen LogP contribution in [0, 0.1) is 17.1 Å². The molecule has 0 saturated heterocycles. The molecule has 0 fully saturated rings. The third-order valence-electron chi connectivity index (χ3n) is 3.77. The van der Waals surface area contributed by atoms with Crippen LogP contribution in [-0.2, 0) is 0 Å². The Labute approximate surface area is 136 Å². The molecule has 0 aliphatic rings. The first kappa shape index (κ1) is 14.0. The normalized spacial score (nSPS) is 10.7. The van der Waals surface area contributed by atoms with E-state index in [1.807, 2.05) is 24.3 Å². The van der Waals surface area contributed by atoms with E-state index in [2.05, 4.69) is 20.2 Å². The van der Waals surface area contributed by atoms with Crippen molar-refractivity contribution in [3.8, 4) is 28.5 Å². The molecular formula is C18H10FN5. The molecule has 3 heterocycles. The van der Waals surface area contributed by atoms with Crippen LogP contribution in [0.5, 0.6) is 0 Å². The van der Waals surface area contributed by atoms with Crippen LogP contribution in [0.25, 0.3) is 33.4 Å². The minimum atomic E-state index is -0.541. The van der Waals surface area contributed by atoms with Crippen molar-refractivity contribution in [2.75, 3.05) is 0 Å². The highest BCUT2D eigenvalue weighted by molar-refractivity contribution is 5.86. The molecule has 0 aliphatic carbocycles. The van der Waals surface area contributed by atoms with Gasteiger partial charge in [0.15, 0.2) is 5.65 Å². The number of pyridine rings is 2. The predicted molar refractivity (Wildman–Crippen MR) is 87.2 cm³/mol. The zero-order valence-electron chi connectivity index (χ0n) is 12.4. The van der Waals surface area contributed by atoms with E-state index in [1.165, 1.54) is 12.1 Å². The van der Waals surface area contributed by atoms with Crippen molar-refractivity contribution < 1.29 is 4.39 Å². The SMILES string of the molecule is N#Cc1cc(-c2ncccc2-c2cnc3[nH]ncc3c2)ccc1F. The molecule has 0 aliphatic heterocycles. The molecule has 0 unspecified atom stereocenters. The van der Waals surface area contributed by atoms with Crippen molar-refractivity contribution in [1.82, 2.24) is 20.2 Å². The van der Waals surface area contributed by atoms with Crippen LogP contribution in [0.3, 0.4) is 0 Å². The molecule has 6 heteroatoms. The van der Waals surface area contributed by atoms with Gasteiger partial charge in [0.25, 0.3) is 0 Å². The highest BCUT2D eigenvalue weighted by Gasteiger charge is 2.12. The van der Waals surface area contributed by atoms with E-state index >= 15 is 0 Å². The van der Waals surface area contributed by atoms with Gasteiger partial charge in [0, 0.05) is 34.5 Å². The number of aromatic amines is 1. The van der Waals surface area contributed by atoms with Gasteiger partial charge in [-0.1, -0.05) is 6.07 Å². The number of nitrogens with one attached hydrogen (secondary N) is 1. The average molecular weight is 315 g/mol. The Morgan fingerprint density at radius 3 is 2.83 bits per heavy atom. The highest BCUT2D eigenvalue weighted by Crippen LogP contribution is 2.31. The van der Waals surface area contributed by atoms with Gasteiger partial charge in [-0.3, -0.25) is 10.1 Å². The number of fused-ring (bicyclic) bond motifs is 1. The number of aromatic nitrogens is 4. The van der Waals surface area contributed by atoms with E-state index in [4.69, 9.17) is 5.26 Å². The van der Waals surface area contributed by atoms with Gasteiger partial charge >= 0.3 is 0 Å². The molecule has 0 spiro atoms. The Balaban J connectivity index is 1.91. The fourth-order valence-electron chi connectivity index (χ4n) is 2.61. The van der Waals surface area contributed by atoms with Crippen molar-refractivity contribution in [2.24, 2.45) is 0 Å². The average Bonchev–Trinajstić information content (AvgIpc) is 3.10. The summed E-state index contributed by atoms with van der Waals surface area (Å²) in [7, 11) is 0. The molecule has 0 radical (unpaired) electrons. The molecule has 1 N–H and O–H groups in total. The van der Waals surface area contributed by atoms with Crippen molar-refractivity contribution in [3.63, 3.8) is 0 Å². The van der Waals surface area contributed by atoms with Crippen LogP contribution < -0.4 is 0 Å². The quantitative estimate of drug-likeness (QED) is 0.612. The molecule has 4 rings (SSSR count). The summed E-state index contributed by atoms with van der Waals surface area (Å²) in [6.07, 6.45) is 5.10. The summed E-state index contributed by atoms with van der Waals surface area (Å²) in [5.41, 5.74) is 3.76. The van der Waals surface area contributed by atoms with Gasteiger partial charge in [-0.2, -0.15) is 10.4 Å². The zero-order chi connectivity index (χ0) is 16.5. The minimum Gasteiger partial charge on any atom is -0.261 e. The van der Waals surface area contributed by atoms with Crippen LogP contribution in [-0.4, -0.2) is 20.2 Å². The molecular weight excluding hydrogens is 305 g/mol. The number of hydrogen-bond acceptors (Lipinski definition) is 4. The van der Waals surface area contributed by atoms with Crippen LogP contribution in [0.2, 0.25) is 0 Å². The third-order valence-corrected chi connectivity index (χ3v) is 3.77. The van der Waals surface area contributed by atoms with E-state index in [-0.39, 0.29) is 5.56 Å². The molecule has 0 bridgehead atoms. The first-order valence-corrected chi connectivity index (χ1v) is 7.21. The number of nitriles is 1. The fourth-order valence-corrected chi connectivity index (χ4v) is 2.61. The Bertz CT molecular complexity index is 1090. The predicted octanol–water partition coefficient (Wildman–Crippen LogP) is 3.70. The smallest absolute Gasteiger partial charge is 0.155 e. The lowest BCUT2D eigenvalue weighted by Crippen LogP contribution is -1.92. The molecule has 0 amide bonds. The van der Waals surface area contributed by atoms with Gasteiger partial charge in [0.1, 0.15) is 11.9 Å². The largest absolute Gasteiger partial charge is 0.261 e. The summed E-state index contributed by atoms with van der Waals surface area (Å²) >= 11 is 0. The number of rotatable bonds is 2. The third kappa shape index (κ3) is 2.29. The van der Waals surface area contributed by atoms with E-state index in [0.717, 1.165) is 16.5 Å². The Morgan fingerprint density at radius 2 is 1.96 bits per heavy atom. The molecule has 5 nitrogen and oxygen atoms in total. The molecule has 24 heavy (non-hydrogen) atoms. The maximum atomic E-state index is 13.6. The van der Waals surface area contributed by atoms with Crippen LogP contribution in [0.15, 0.2) is 55.0 Å². The first-order chi connectivity index (χ1) is 11.8. The van der Waals surface area contributed by atoms with Crippen molar-refractivity contribution in [2.45, 2.75) is 0 Å². The molecule has 0 atom stereocenters. The topological polar surface area (TPSA) is 78.2 Å². The summed E-state index contributed by atoms with van der Waals surface area (Å²) in [6, 6.07) is 12.0. The van der Waals surface area contributed by atoms with Gasteiger partial charge < -0.3 is 0 Å². The number of H-pyrrole nitrogens is 1. The van der Waals surface area contributed by atoms with Crippen LogP contribution >= 0.6 is 0 Å². The van der Waals surface area contributed by atoms with E-state index in [1.54, 1.807) is 24.7 Å². The summed E-state index contributed by atoms with van der Waals surface area (Å²) in [5.74, 6) is -0.541. The zero-order valence-corrected chi connectivity index (χ0v) is 12.4. The number of nitrogens with zero attached hydrogens (tertiary/aromatic N) is 4. The lowest BCUT2D eigenvalue weighted by molar-refractivity contribution is 0.624. The van der Waals surface area contributed by atoms with Gasteiger partial charge in [-0.05, 0) is 30.3 Å². The fraction of sp³-hybridized carbons (Fsp3) is 0. The second-order valence-electron chi connectivity index (χ2n) is 5.24. The van der Waals surface area contributed by atoms with E-state index < -0.39 is 5.82 Å². The van der Waals surface area contributed by atoms with Crippen molar-refractivity contribution in [1.29, 1.82) is 5.26 Å². The van der Waals surface area contributed by atoms with E-state index in [9.17, 15) is 4.39 Å². The van der Waals surface area contributed by atoms with Gasteiger partial charge in [0.05, 0.1) is 17.5 Å². The maximum Gasteiger partial charge on any atom is 0.155 e. The van der Waals surface area contributed by atoms with Crippen molar-refractivity contribution in [3.05, 3.63) is 66.4 Å². The Morgan fingerprint density at radius 1 is 1.04 bits per heavy atom. The molecule has 114 valence electrons. The maximum absolute atomic E-state index is 13.6. The molecule has 0 saturated carbocycles. The van der Waals surface area contributed by atoms with Gasteiger partial charge in [0.2, 0.25) is 0 Å². The number of hydrogen-bond donors (Lipinski definition) is 1. The summed E-state index contributed by atoms with van der Waals surface area (Å²) in [5, 5.41) is 16.7. The van der Waals surface area contributed by atoms with E-state index in [0.29, 0.717) is 16.9 Å². The minimum absolute atomic E-state index is 0.00693. The number of halogens is 1. The van der Waals surface area contributed by atoms with Crippen molar-refractivity contribution >= 4 is 11.0 Å². The highest BCUT2D eigenvalue weighted by atomic mass is 19.1. The molecule has 3 aromatic heterocycles. The molecule has 1 aromatic carbocycles. The summed E-state index contributed by atoms with van der Waals surface area (Å²) in [6.45, 7) is 0. The summed E-state index contributed by atoms with van der Waals surface area (Å²) in [4.78, 5) is 8.76. The first-order valence-electron chi connectivity index (χ1n) is 7.21. The second-order valence-corrected chi connectivity index (χ2v) is 5.24. The second kappa shape index (κ2) is 5.56. The summed E-state index contributed by atoms with van der Waals surface area (Å²) < 4.78 is 13.6.